The first kappa shape index (κ1) is 20.1. The molecule has 1 aliphatic rings. The molecule has 0 unspecified atom stereocenters. The second-order valence-corrected chi connectivity index (χ2v) is 14.4. The van der Waals surface area contributed by atoms with E-state index in [1.807, 2.05) is 0 Å². The Morgan fingerprint density at radius 3 is 1.52 bits per heavy atom. The average molecular weight is 378 g/mol. The first-order valence-corrected chi connectivity index (χ1v) is 13.2. The molecule has 0 spiro atoms. The maximum absolute atomic E-state index is 6.52. The third-order valence-corrected chi connectivity index (χ3v) is 7.71. The Morgan fingerprint density at radius 1 is 0.704 bits per heavy atom. The molecule has 142 valence electrons. The highest BCUT2D eigenvalue weighted by atomic mass is 28.3. The summed E-state index contributed by atoms with van der Waals surface area (Å²) in [6.45, 7) is 15.6. The van der Waals surface area contributed by atoms with Gasteiger partial charge in [0, 0.05) is 0 Å². The fourth-order valence-corrected chi connectivity index (χ4v) is 5.68. The van der Waals surface area contributed by atoms with Gasteiger partial charge < -0.3 is 9.31 Å². The highest BCUT2D eigenvalue weighted by Crippen LogP contribution is 2.44. The highest BCUT2D eigenvalue weighted by Gasteiger charge is 2.53. The van der Waals surface area contributed by atoms with Crippen molar-refractivity contribution in [3.63, 3.8) is 0 Å². The lowest BCUT2D eigenvalue weighted by Gasteiger charge is -2.32. The molecule has 0 aliphatic carbocycles. The summed E-state index contributed by atoms with van der Waals surface area (Å²) in [6, 6.07) is 21.3. The van der Waals surface area contributed by atoms with E-state index in [0.29, 0.717) is 0 Å². The third kappa shape index (κ3) is 3.98. The fraction of sp³-hybridized carbons (Fsp3) is 0.391. The molecule has 3 rings (SSSR count). The van der Waals surface area contributed by atoms with E-state index in [9.17, 15) is 0 Å². The quantitative estimate of drug-likeness (QED) is 0.472. The first-order chi connectivity index (χ1) is 12.5. The summed E-state index contributed by atoms with van der Waals surface area (Å²) >= 11 is 0. The van der Waals surface area contributed by atoms with E-state index in [-0.39, 0.29) is 18.3 Å². The SMILES string of the molecule is CC1(C)OB(/C(=C(/c2ccccc2)[Si](C)(C)C)c2ccccc2)OC1(C)C. The molecule has 0 radical (unpaired) electrons. The molecule has 1 aliphatic heterocycles. The molecule has 1 heterocycles. The van der Waals surface area contributed by atoms with Crippen LogP contribution < -0.4 is 0 Å². The molecular weight excluding hydrogens is 347 g/mol. The molecule has 0 aromatic heterocycles. The van der Waals surface area contributed by atoms with Gasteiger partial charge in [-0.2, -0.15) is 0 Å². The lowest BCUT2D eigenvalue weighted by Crippen LogP contribution is -2.41. The second kappa shape index (κ2) is 7.08. The maximum Gasteiger partial charge on any atom is 0.495 e. The molecule has 2 aromatic rings. The summed E-state index contributed by atoms with van der Waals surface area (Å²) in [5.41, 5.74) is 2.90. The van der Waals surface area contributed by atoms with Crippen LogP contribution in [0.1, 0.15) is 38.8 Å². The Balaban J connectivity index is 2.28. The smallest absolute Gasteiger partial charge is 0.399 e. The predicted molar refractivity (Wildman–Crippen MR) is 119 cm³/mol. The van der Waals surface area contributed by atoms with Crippen molar-refractivity contribution in [2.75, 3.05) is 0 Å². The van der Waals surface area contributed by atoms with Crippen LogP contribution >= 0.6 is 0 Å². The Hall–Kier alpha value is -1.62. The highest BCUT2D eigenvalue weighted by molar-refractivity contribution is 6.98. The molecule has 0 amide bonds. The van der Waals surface area contributed by atoms with E-state index in [2.05, 4.69) is 108 Å². The molecule has 1 fully saturated rings. The van der Waals surface area contributed by atoms with Gasteiger partial charge in [-0.05, 0) is 44.3 Å². The molecule has 27 heavy (non-hydrogen) atoms. The predicted octanol–water partition coefficient (Wildman–Crippen LogP) is 6.11. The van der Waals surface area contributed by atoms with Crippen molar-refractivity contribution in [1.82, 2.24) is 0 Å². The Kier molecular flexibility index (Phi) is 5.28. The molecule has 4 heteroatoms. The van der Waals surface area contributed by atoms with Crippen molar-refractivity contribution in [3.8, 4) is 0 Å². The van der Waals surface area contributed by atoms with Gasteiger partial charge in [-0.25, -0.2) is 0 Å². The summed E-state index contributed by atoms with van der Waals surface area (Å²) in [7, 11) is -2.09. The Morgan fingerprint density at radius 2 is 1.11 bits per heavy atom. The van der Waals surface area contributed by atoms with E-state index < -0.39 is 8.07 Å². The zero-order chi connectivity index (χ0) is 19.9. The Labute approximate surface area is 165 Å². The third-order valence-electron chi connectivity index (χ3n) is 5.66. The summed E-state index contributed by atoms with van der Waals surface area (Å²) in [5.74, 6) is 0. The minimum Gasteiger partial charge on any atom is -0.399 e. The van der Waals surface area contributed by atoms with Gasteiger partial charge in [-0.1, -0.05) is 85.5 Å². The number of hydrogen-bond acceptors (Lipinski definition) is 2. The van der Waals surface area contributed by atoms with Crippen LogP contribution in [0, 0.1) is 0 Å². The monoisotopic (exact) mass is 378 g/mol. The normalized spacial score (nSPS) is 19.7. The molecule has 2 nitrogen and oxygen atoms in total. The minimum atomic E-state index is -1.71. The molecule has 0 N–H and O–H groups in total. The van der Waals surface area contributed by atoms with Gasteiger partial charge in [0.1, 0.15) is 0 Å². The average Bonchev–Trinajstić information content (AvgIpc) is 2.80. The maximum atomic E-state index is 6.52. The molecule has 0 atom stereocenters. The van der Waals surface area contributed by atoms with E-state index in [4.69, 9.17) is 9.31 Å². The van der Waals surface area contributed by atoms with E-state index >= 15 is 0 Å². The molecule has 0 bridgehead atoms. The summed E-state index contributed by atoms with van der Waals surface area (Å²) < 4.78 is 13.0. The second-order valence-electron chi connectivity index (χ2n) is 9.36. The van der Waals surface area contributed by atoms with E-state index in [1.54, 1.807) is 0 Å². The number of benzene rings is 2. The first-order valence-electron chi connectivity index (χ1n) is 9.74. The summed E-state index contributed by atoms with van der Waals surface area (Å²) in [5, 5.41) is 1.40. The van der Waals surface area contributed by atoms with Crippen LogP contribution in [0.5, 0.6) is 0 Å². The van der Waals surface area contributed by atoms with E-state index in [1.165, 1.54) is 21.8 Å². The van der Waals surface area contributed by atoms with Crippen molar-refractivity contribution in [1.29, 1.82) is 0 Å². The van der Waals surface area contributed by atoms with Crippen LogP contribution in [0.25, 0.3) is 10.7 Å². The molecule has 1 saturated heterocycles. The van der Waals surface area contributed by atoms with Crippen LogP contribution in [-0.4, -0.2) is 26.4 Å². The lowest BCUT2D eigenvalue weighted by molar-refractivity contribution is 0.00578. The van der Waals surface area contributed by atoms with Gasteiger partial charge in [0.05, 0.1) is 19.3 Å². The largest absolute Gasteiger partial charge is 0.495 e. The van der Waals surface area contributed by atoms with Gasteiger partial charge in [-0.3, -0.25) is 0 Å². The molecule has 0 saturated carbocycles. The van der Waals surface area contributed by atoms with Gasteiger partial charge in [0.15, 0.2) is 0 Å². The van der Waals surface area contributed by atoms with Crippen LogP contribution in [0.4, 0.5) is 0 Å². The summed E-state index contributed by atoms with van der Waals surface area (Å²) in [4.78, 5) is 0. The van der Waals surface area contributed by atoms with Crippen molar-refractivity contribution in [2.45, 2.75) is 58.5 Å². The number of rotatable bonds is 4. The zero-order valence-corrected chi connectivity index (χ0v) is 18.7. The van der Waals surface area contributed by atoms with Crippen LogP contribution in [0.2, 0.25) is 19.6 Å². The molecular formula is C23H31BO2Si. The zero-order valence-electron chi connectivity index (χ0n) is 17.7. The summed E-state index contributed by atoms with van der Waals surface area (Å²) in [6.07, 6.45) is 0. The topological polar surface area (TPSA) is 18.5 Å². The van der Waals surface area contributed by atoms with Crippen molar-refractivity contribution < 1.29 is 9.31 Å². The van der Waals surface area contributed by atoms with Crippen molar-refractivity contribution in [3.05, 3.63) is 71.8 Å². The van der Waals surface area contributed by atoms with Crippen LogP contribution in [-0.2, 0) is 9.31 Å². The molecule has 2 aromatic carbocycles. The van der Waals surface area contributed by atoms with Crippen LogP contribution in [0.15, 0.2) is 60.7 Å². The van der Waals surface area contributed by atoms with E-state index in [0.717, 1.165) is 0 Å². The van der Waals surface area contributed by atoms with Gasteiger partial charge >= 0.3 is 7.12 Å². The number of hydrogen-bond donors (Lipinski definition) is 0. The van der Waals surface area contributed by atoms with Crippen molar-refractivity contribution >= 4 is 25.9 Å². The van der Waals surface area contributed by atoms with Gasteiger partial charge in [-0.15, -0.1) is 0 Å². The lowest BCUT2D eigenvalue weighted by atomic mass is 9.73. The fourth-order valence-electron chi connectivity index (χ4n) is 3.57. The van der Waals surface area contributed by atoms with Crippen LogP contribution in [0.3, 0.4) is 0 Å². The van der Waals surface area contributed by atoms with Gasteiger partial charge in [0.2, 0.25) is 0 Å². The standard InChI is InChI=1S/C23H31BO2Si/c1-22(2)23(3,4)26-24(25-22)20(18-14-10-8-11-15-18)21(27(5,6)7)19-16-12-9-13-17-19/h8-17H,1-7H3/b21-20-. The Bertz CT molecular complexity index is 804. The van der Waals surface area contributed by atoms with Gasteiger partial charge in [0.25, 0.3) is 0 Å². The van der Waals surface area contributed by atoms with Crippen molar-refractivity contribution in [2.24, 2.45) is 0 Å². The minimum absolute atomic E-state index is 0.362.